The average Bonchev–Trinajstić information content (AvgIpc) is 2.89. The molecule has 0 aromatic heterocycles. The van der Waals surface area contributed by atoms with Crippen LogP contribution >= 0.6 is 0 Å². The van der Waals surface area contributed by atoms with Crippen LogP contribution in [0.5, 0.6) is 11.5 Å². The summed E-state index contributed by atoms with van der Waals surface area (Å²) >= 11 is 0. The second-order valence-corrected chi connectivity index (χ2v) is 9.40. The summed E-state index contributed by atoms with van der Waals surface area (Å²) < 4.78 is 11.1. The smallest absolute Gasteiger partial charge is 0.303 e. The molecule has 2 N–H and O–H groups in total. The van der Waals surface area contributed by atoms with Gasteiger partial charge >= 0.3 is 5.97 Å². The minimum atomic E-state index is -0.761. The zero-order valence-corrected chi connectivity index (χ0v) is 21.6. The number of hydrogen-bond donors (Lipinski definition) is 2. The van der Waals surface area contributed by atoms with Crippen LogP contribution in [0.2, 0.25) is 0 Å². The van der Waals surface area contributed by atoms with E-state index in [-0.39, 0.29) is 12.3 Å². The molecule has 0 heterocycles. The van der Waals surface area contributed by atoms with Crippen molar-refractivity contribution in [2.45, 2.75) is 58.0 Å². The van der Waals surface area contributed by atoms with Gasteiger partial charge in [-0.1, -0.05) is 54.6 Å². The van der Waals surface area contributed by atoms with Gasteiger partial charge < -0.3 is 19.7 Å². The zero-order chi connectivity index (χ0) is 25.9. The maximum atomic E-state index is 11.5. The van der Waals surface area contributed by atoms with E-state index in [0.717, 1.165) is 54.4 Å². The van der Waals surface area contributed by atoms with Gasteiger partial charge in [0.05, 0.1) is 20.3 Å². The molecule has 0 aliphatic heterocycles. The summed E-state index contributed by atoms with van der Waals surface area (Å²) in [4.78, 5) is 10.8. The summed E-state index contributed by atoms with van der Waals surface area (Å²) in [5, 5.41) is 20.4. The first-order chi connectivity index (χ1) is 17.4. The highest BCUT2D eigenvalue weighted by Gasteiger charge is 2.24. The molecular formula is C31H38O5. The number of methoxy groups -OCH3 is 2. The van der Waals surface area contributed by atoms with Gasteiger partial charge in [-0.15, -0.1) is 0 Å². The first kappa shape index (κ1) is 27.3. The van der Waals surface area contributed by atoms with Gasteiger partial charge in [0.15, 0.2) is 0 Å². The number of hydrogen-bond acceptors (Lipinski definition) is 4. The minimum absolute atomic E-state index is 0.0173. The van der Waals surface area contributed by atoms with Crippen LogP contribution in [-0.2, 0) is 24.1 Å². The lowest BCUT2D eigenvalue weighted by molar-refractivity contribution is -0.137. The van der Waals surface area contributed by atoms with Gasteiger partial charge in [0, 0.05) is 12.0 Å². The fourth-order valence-electron chi connectivity index (χ4n) is 4.72. The molecule has 3 rings (SSSR count). The predicted molar refractivity (Wildman–Crippen MR) is 143 cm³/mol. The third-order valence-corrected chi connectivity index (χ3v) is 6.82. The van der Waals surface area contributed by atoms with E-state index in [2.05, 4.69) is 48.5 Å². The molecule has 5 nitrogen and oxygen atoms in total. The lowest BCUT2D eigenvalue weighted by Crippen LogP contribution is -2.16. The molecule has 0 saturated carbocycles. The van der Waals surface area contributed by atoms with E-state index in [1.54, 1.807) is 14.2 Å². The third-order valence-electron chi connectivity index (χ3n) is 6.82. The summed E-state index contributed by atoms with van der Waals surface area (Å²) in [7, 11) is 3.26. The number of aliphatic hydroxyl groups is 1. The van der Waals surface area contributed by atoms with Crippen LogP contribution in [0.1, 0.15) is 59.6 Å². The van der Waals surface area contributed by atoms with E-state index < -0.39 is 12.1 Å². The Labute approximate surface area is 214 Å². The van der Waals surface area contributed by atoms with Crippen molar-refractivity contribution in [3.63, 3.8) is 0 Å². The highest BCUT2D eigenvalue weighted by atomic mass is 16.5. The number of rotatable bonds is 14. The molecule has 0 fully saturated rings. The molecule has 2 atom stereocenters. The summed E-state index contributed by atoms with van der Waals surface area (Å²) in [6.07, 6.45) is 4.44. The van der Waals surface area contributed by atoms with Crippen LogP contribution in [0.3, 0.4) is 0 Å². The third kappa shape index (κ3) is 7.85. The Balaban J connectivity index is 1.77. The molecule has 0 spiro atoms. The number of ether oxygens (including phenoxy) is 2. The Morgan fingerprint density at radius 1 is 0.833 bits per heavy atom. The topological polar surface area (TPSA) is 76.0 Å². The van der Waals surface area contributed by atoms with E-state index in [1.165, 1.54) is 5.56 Å². The second-order valence-electron chi connectivity index (χ2n) is 9.40. The largest absolute Gasteiger partial charge is 0.496 e. The van der Waals surface area contributed by atoms with Crippen molar-refractivity contribution in [2.24, 2.45) is 5.92 Å². The summed E-state index contributed by atoms with van der Waals surface area (Å²) in [6, 6.07) is 22.6. The van der Waals surface area contributed by atoms with E-state index >= 15 is 0 Å². The molecule has 3 aromatic rings. The molecule has 0 saturated heterocycles. The lowest BCUT2D eigenvalue weighted by Gasteiger charge is -2.25. The molecule has 5 heteroatoms. The number of carboxylic acids is 1. The van der Waals surface area contributed by atoms with Crippen molar-refractivity contribution in [1.82, 2.24) is 0 Å². The molecule has 0 bridgehead atoms. The molecule has 0 radical (unpaired) electrons. The fraction of sp³-hybridized carbons (Fsp3) is 0.387. The number of benzene rings is 3. The fourth-order valence-corrected chi connectivity index (χ4v) is 4.72. The van der Waals surface area contributed by atoms with Crippen LogP contribution in [-0.4, -0.2) is 30.4 Å². The zero-order valence-electron chi connectivity index (χ0n) is 21.6. The van der Waals surface area contributed by atoms with Crippen molar-refractivity contribution in [3.8, 4) is 11.5 Å². The minimum Gasteiger partial charge on any atom is -0.496 e. The van der Waals surface area contributed by atoms with Crippen LogP contribution in [0.25, 0.3) is 0 Å². The molecule has 1 unspecified atom stereocenters. The van der Waals surface area contributed by atoms with Crippen LogP contribution in [0, 0.1) is 12.8 Å². The Morgan fingerprint density at radius 2 is 1.39 bits per heavy atom. The van der Waals surface area contributed by atoms with Crippen LogP contribution < -0.4 is 9.47 Å². The Bertz CT molecular complexity index is 1070. The monoisotopic (exact) mass is 490 g/mol. The summed E-state index contributed by atoms with van der Waals surface area (Å²) in [5.74, 6) is 0.668. The molecule has 0 aliphatic carbocycles. The summed E-state index contributed by atoms with van der Waals surface area (Å²) in [6.45, 7) is 1.95. The SMILES string of the molecule is COc1cc(C(O)[C@H](CCCc2ccccc2)Cc2ccc(CCCC(=O)O)cc2)cc(OC)c1C. The number of carbonyl (C=O) groups is 1. The van der Waals surface area contributed by atoms with Crippen molar-refractivity contribution in [2.75, 3.05) is 14.2 Å². The molecule has 0 aliphatic rings. The molecular weight excluding hydrogens is 452 g/mol. The van der Waals surface area contributed by atoms with Crippen molar-refractivity contribution < 1.29 is 24.5 Å². The van der Waals surface area contributed by atoms with Crippen molar-refractivity contribution >= 4 is 5.97 Å². The number of carboxylic acid groups (broad SMARTS) is 1. The quantitative estimate of drug-likeness (QED) is 0.276. The van der Waals surface area contributed by atoms with Crippen LogP contribution in [0.4, 0.5) is 0 Å². The lowest BCUT2D eigenvalue weighted by atomic mass is 9.85. The highest BCUT2D eigenvalue weighted by molar-refractivity contribution is 5.66. The second kappa shape index (κ2) is 13.7. The van der Waals surface area contributed by atoms with Gasteiger partial charge in [-0.25, -0.2) is 0 Å². The Kier molecular flexibility index (Phi) is 10.4. The van der Waals surface area contributed by atoms with Gasteiger partial charge in [-0.2, -0.15) is 0 Å². The average molecular weight is 491 g/mol. The van der Waals surface area contributed by atoms with Gasteiger partial charge in [0.25, 0.3) is 0 Å². The van der Waals surface area contributed by atoms with Gasteiger partial charge in [0.2, 0.25) is 0 Å². The summed E-state index contributed by atoms with van der Waals surface area (Å²) in [5.41, 5.74) is 5.30. The maximum absolute atomic E-state index is 11.5. The normalized spacial score (nSPS) is 12.7. The number of aryl methyl sites for hydroxylation is 2. The van der Waals surface area contributed by atoms with Crippen molar-refractivity contribution in [1.29, 1.82) is 0 Å². The molecule has 192 valence electrons. The standard InChI is InChI=1S/C31H38O5/c1-22-28(35-2)20-27(21-29(22)36-3)31(34)26(13-7-11-23-9-5-4-6-10-23)19-25-17-15-24(16-18-25)12-8-14-30(32)33/h4-6,9-10,15-18,20-21,26,31,34H,7-8,11-14,19H2,1-3H3,(H,32,33)/t26-,31?/m1/s1. The van der Waals surface area contributed by atoms with Gasteiger partial charge in [-0.05, 0) is 85.8 Å². The molecule has 0 amide bonds. The highest BCUT2D eigenvalue weighted by Crippen LogP contribution is 2.36. The first-order valence-electron chi connectivity index (χ1n) is 12.7. The number of aliphatic carboxylic acids is 1. The first-order valence-corrected chi connectivity index (χ1v) is 12.7. The van der Waals surface area contributed by atoms with E-state index in [0.29, 0.717) is 17.9 Å². The maximum Gasteiger partial charge on any atom is 0.303 e. The van der Waals surface area contributed by atoms with Gasteiger partial charge in [-0.3, -0.25) is 4.79 Å². The van der Waals surface area contributed by atoms with Crippen LogP contribution in [0.15, 0.2) is 66.7 Å². The number of aliphatic hydroxyl groups excluding tert-OH is 1. The van der Waals surface area contributed by atoms with E-state index in [4.69, 9.17) is 14.6 Å². The molecule has 36 heavy (non-hydrogen) atoms. The van der Waals surface area contributed by atoms with E-state index in [9.17, 15) is 9.90 Å². The Morgan fingerprint density at radius 3 is 1.97 bits per heavy atom. The van der Waals surface area contributed by atoms with E-state index in [1.807, 2.05) is 25.1 Å². The van der Waals surface area contributed by atoms with Gasteiger partial charge in [0.1, 0.15) is 11.5 Å². The molecule has 3 aromatic carbocycles. The predicted octanol–water partition coefficient (Wildman–Crippen LogP) is 6.33. The van der Waals surface area contributed by atoms with Crippen molar-refractivity contribution in [3.05, 3.63) is 94.5 Å². The Hall–Kier alpha value is -3.31.